The molecule has 1 amide bonds. The van der Waals surface area contributed by atoms with Crippen molar-refractivity contribution in [2.24, 2.45) is 0 Å². The third-order valence-corrected chi connectivity index (χ3v) is 3.41. The topological polar surface area (TPSA) is 122 Å². The van der Waals surface area contributed by atoms with Crippen molar-refractivity contribution in [3.63, 3.8) is 0 Å². The average Bonchev–Trinajstić information content (AvgIpc) is 2.82. The van der Waals surface area contributed by atoms with Crippen molar-refractivity contribution in [3.8, 4) is 0 Å². The number of aryl methyl sites for hydroxylation is 1. The zero-order valence-electron chi connectivity index (χ0n) is 10.7. The number of anilines is 1. The van der Waals surface area contributed by atoms with Crippen LogP contribution in [0.2, 0.25) is 0 Å². The summed E-state index contributed by atoms with van der Waals surface area (Å²) < 4.78 is 0. The summed E-state index contributed by atoms with van der Waals surface area (Å²) in [5.41, 5.74) is -0.824. The molecule has 0 bridgehead atoms. The molecule has 9 heteroatoms. The third kappa shape index (κ3) is 3.03. The number of hydrogen-bond donors (Lipinski definition) is 2. The number of amides is 1. The fourth-order valence-corrected chi connectivity index (χ4v) is 2.36. The maximum Gasteiger partial charge on any atom is 0.336 e. The van der Waals surface area contributed by atoms with Crippen LogP contribution in [-0.4, -0.2) is 26.9 Å². The third-order valence-electron chi connectivity index (χ3n) is 2.54. The van der Waals surface area contributed by atoms with E-state index in [0.29, 0.717) is 5.69 Å². The molecule has 2 aromatic rings. The number of aromatic nitrogens is 1. The van der Waals surface area contributed by atoms with Crippen LogP contribution in [0.5, 0.6) is 0 Å². The molecule has 0 fully saturated rings. The standard InChI is InChI=1S/C12H9N3O5S/c1-6-5-21-12(13-6)14-10(16)9-7(11(17)18)3-2-4-8(9)15(19)20/h2-5H,1H3,(H,17,18)(H,13,14,16). The summed E-state index contributed by atoms with van der Waals surface area (Å²) in [5.74, 6) is -2.30. The van der Waals surface area contributed by atoms with E-state index in [0.717, 1.165) is 23.5 Å². The predicted octanol–water partition coefficient (Wildman–Crippen LogP) is 2.31. The second-order valence-corrected chi connectivity index (χ2v) is 4.87. The molecule has 0 unspecified atom stereocenters. The summed E-state index contributed by atoms with van der Waals surface area (Å²) in [4.78, 5) is 37.5. The quantitative estimate of drug-likeness (QED) is 0.660. The maximum absolute atomic E-state index is 12.2. The molecule has 0 aliphatic carbocycles. The first-order valence-corrected chi connectivity index (χ1v) is 6.52. The number of rotatable bonds is 4. The van der Waals surface area contributed by atoms with Gasteiger partial charge >= 0.3 is 5.97 Å². The SMILES string of the molecule is Cc1csc(NC(=O)c2c(C(=O)O)cccc2[N+](=O)[O-])n1. The highest BCUT2D eigenvalue weighted by molar-refractivity contribution is 7.13. The highest BCUT2D eigenvalue weighted by atomic mass is 32.1. The Kier molecular flexibility index (Phi) is 3.94. The minimum atomic E-state index is -1.42. The molecule has 0 aliphatic rings. The van der Waals surface area contributed by atoms with Crippen molar-refractivity contribution in [2.75, 3.05) is 5.32 Å². The van der Waals surface area contributed by atoms with E-state index in [-0.39, 0.29) is 5.13 Å². The van der Waals surface area contributed by atoms with E-state index in [1.54, 1.807) is 12.3 Å². The van der Waals surface area contributed by atoms with Crippen LogP contribution < -0.4 is 5.32 Å². The van der Waals surface area contributed by atoms with E-state index in [4.69, 9.17) is 5.11 Å². The van der Waals surface area contributed by atoms with Gasteiger partial charge in [-0.05, 0) is 13.0 Å². The Labute approximate surface area is 122 Å². The van der Waals surface area contributed by atoms with E-state index in [1.807, 2.05) is 0 Å². The minimum Gasteiger partial charge on any atom is -0.478 e. The van der Waals surface area contributed by atoms with Crippen LogP contribution in [0.3, 0.4) is 0 Å². The molecular weight excluding hydrogens is 298 g/mol. The van der Waals surface area contributed by atoms with Crippen LogP contribution in [0.1, 0.15) is 26.4 Å². The molecular formula is C12H9N3O5S. The smallest absolute Gasteiger partial charge is 0.336 e. The van der Waals surface area contributed by atoms with E-state index in [2.05, 4.69) is 10.3 Å². The average molecular weight is 307 g/mol. The van der Waals surface area contributed by atoms with Gasteiger partial charge in [0.2, 0.25) is 0 Å². The van der Waals surface area contributed by atoms with Crippen LogP contribution in [0.25, 0.3) is 0 Å². The number of carbonyl (C=O) groups is 2. The van der Waals surface area contributed by atoms with Crippen LogP contribution >= 0.6 is 11.3 Å². The van der Waals surface area contributed by atoms with Crippen molar-refractivity contribution in [1.82, 2.24) is 4.98 Å². The van der Waals surface area contributed by atoms with Gasteiger partial charge in [-0.3, -0.25) is 20.2 Å². The second-order valence-electron chi connectivity index (χ2n) is 4.01. The van der Waals surface area contributed by atoms with Gasteiger partial charge < -0.3 is 5.11 Å². The zero-order chi connectivity index (χ0) is 15.6. The van der Waals surface area contributed by atoms with Crippen LogP contribution in [0, 0.1) is 17.0 Å². The van der Waals surface area contributed by atoms with Gasteiger partial charge in [0.1, 0.15) is 5.56 Å². The van der Waals surface area contributed by atoms with Crippen molar-refractivity contribution in [2.45, 2.75) is 6.92 Å². The first-order chi connectivity index (χ1) is 9.90. The van der Waals surface area contributed by atoms with Gasteiger partial charge in [0, 0.05) is 11.4 Å². The molecule has 0 aliphatic heterocycles. The Bertz CT molecular complexity index is 708. The molecule has 0 saturated carbocycles. The lowest BCUT2D eigenvalue weighted by atomic mass is 10.0. The first-order valence-electron chi connectivity index (χ1n) is 5.64. The second kappa shape index (κ2) is 5.67. The van der Waals surface area contributed by atoms with Gasteiger partial charge in [-0.25, -0.2) is 9.78 Å². The van der Waals surface area contributed by atoms with Gasteiger partial charge in [0.05, 0.1) is 16.2 Å². The number of carboxylic acid groups (broad SMARTS) is 1. The van der Waals surface area contributed by atoms with Gasteiger partial charge in [-0.1, -0.05) is 6.07 Å². The van der Waals surface area contributed by atoms with Gasteiger partial charge in [-0.15, -0.1) is 11.3 Å². The highest BCUT2D eigenvalue weighted by Crippen LogP contribution is 2.24. The lowest BCUT2D eigenvalue weighted by Gasteiger charge is -2.06. The number of nitro benzene ring substituents is 1. The van der Waals surface area contributed by atoms with Gasteiger partial charge in [0.25, 0.3) is 11.6 Å². The Morgan fingerprint density at radius 3 is 2.67 bits per heavy atom. The number of thiazole rings is 1. The number of nitro groups is 1. The van der Waals surface area contributed by atoms with E-state index >= 15 is 0 Å². The fourth-order valence-electron chi connectivity index (χ4n) is 1.68. The molecule has 108 valence electrons. The van der Waals surface area contributed by atoms with Crippen LogP contribution in [-0.2, 0) is 0 Å². The molecule has 0 radical (unpaired) electrons. The molecule has 0 saturated heterocycles. The van der Waals surface area contributed by atoms with Crippen molar-refractivity contribution in [1.29, 1.82) is 0 Å². The molecule has 0 spiro atoms. The lowest BCUT2D eigenvalue weighted by molar-refractivity contribution is -0.385. The summed E-state index contributed by atoms with van der Waals surface area (Å²) in [6.07, 6.45) is 0. The van der Waals surface area contributed by atoms with Gasteiger partial charge in [0.15, 0.2) is 5.13 Å². The zero-order valence-corrected chi connectivity index (χ0v) is 11.5. The molecule has 8 nitrogen and oxygen atoms in total. The van der Waals surface area contributed by atoms with E-state index in [9.17, 15) is 19.7 Å². The predicted molar refractivity (Wildman–Crippen MR) is 74.9 cm³/mol. The Morgan fingerprint density at radius 1 is 1.43 bits per heavy atom. The molecule has 1 heterocycles. The number of hydrogen-bond acceptors (Lipinski definition) is 6. The number of carbonyl (C=O) groups excluding carboxylic acids is 1. The van der Waals surface area contributed by atoms with Gasteiger partial charge in [-0.2, -0.15) is 0 Å². The number of benzene rings is 1. The Balaban J connectivity index is 2.47. The van der Waals surface area contributed by atoms with E-state index < -0.39 is 33.6 Å². The monoisotopic (exact) mass is 307 g/mol. The summed E-state index contributed by atoms with van der Waals surface area (Å²) in [7, 11) is 0. The molecule has 21 heavy (non-hydrogen) atoms. The Morgan fingerprint density at radius 2 is 2.14 bits per heavy atom. The van der Waals surface area contributed by atoms with Crippen LogP contribution in [0.15, 0.2) is 23.6 Å². The van der Waals surface area contributed by atoms with Crippen molar-refractivity contribution in [3.05, 3.63) is 50.5 Å². The van der Waals surface area contributed by atoms with E-state index in [1.165, 1.54) is 6.07 Å². The summed E-state index contributed by atoms with van der Waals surface area (Å²) in [6.45, 7) is 1.72. The van der Waals surface area contributed by atoms with Crippen molar-refractivity contribution < 1.29 is 19.6 Å². The number of carboxylic acids is 1. The molecule has 2 N–H and O–H groups in total. The Hall–Kier alpha value is -2.81. The minimum absolute atomic E-state index is 0.243. The number of aromatic carboxylic acids is 1. The number of nitrogens with one attached hydrogen (secondary N) is 1. The number of nitrogens with zero attached hydrogens (tertiary/aromatic N) is 2. The molecule has 2 rings (SSSR count). The highest BCUT2D eigenvalue weighted by Gasteiger charge is 2.27. The summed E-state index contributed by atoms with van der Waals surface area (Å²) >= 11 is 1.14. The normalized spacial score (nSPS) is 10.1. The molecule has 1 aromatic carbocycles. The maximum atomic E-state index is 12.2. The molecule has 1 aromatic heterocycles. The lowest BCUT2D eigenvalue weighted by Crippen LogP contribution is -2.18. The summed E-state index contributed by atoms with van der Waals surface area (Å²) in [6, 6.07) is 3.43. The van der Waals surface area contributed by atoms with Crippen LogP contribution in [0.4, 0.5) is 10.8 Å². The molecule has 0 atom stereocenters. The fraction of sp³-hybridized carbons (Fsp3) is 0.0833. The first kappa shape index (κ1) is 14.6. The summed E-state index contributed by atoms with van der Waals surface area (Å²) in [5, 5.41) is 24.4. The largest absolute Gasteiger partial charge is 0.478 e. The van der Waals surface area contributed by atoms with Crippen molar-refractivity contribution >= 4 is 34.0 Å².